The summed E-state index contributed by atoms with van der Waals surface area (Å²) in [6, 6.07) is 0. The van der Waals surface area contributed by atoms with Crippen LogP contribution in [0, 0.1) is 11.8 Å². The number of esters is 1. The number of piperidine rings is 1. The maximum Gasteiger partial charge on any atom is 0.410 e. The van der Waals surface area contributed by atoms with Gasteiger partial charge in [0.05, 0.1) is 7.11 Å². The van der Waals surface area contributed by atoms with Gasteiger partial charge in [-0.2, -0.15) is 0 Å². The van der Waals surface area contributed by atoms with E-state index in [4.69, 9.17) is 9.47 Å². The topological polar surface area (TPSA) is 55.8 Å². The van der Waals surface area contributed by atoms with Crippen molar-refractivity contribution >= 4 is 12.1 Å². The van der Waals surface area contributed by atoms with Gasteiger partial charge in [0.25, 0.3) is 0 Å². The number of carbonyl (C=O) groups excluding carboxylic acids is 2. The molecule has 19 heavy (non-hydrogen) atoms. The van der Waals surface area contributed by atoms with E-state index in [-0.39, 0.29) is 23.9 Å². The molecular formula is C14H25NO4. The first-order valence-electron chi connectivity index (χ1n) is 6.77. The highest BCUT2D eigenvalue weighted by atomic mass is 16.6. The molecule has 1 fully saturated rings. The zero-order valence-corrected chi connectivity index (χ0v) is 12.6. The Morgan fingerprint density at radius 2 is 1.95 bits per heavy atom. The van der Waals surface area contributed by atoms with Crippen LogP contribution in [0.3, 0.4) is 0 Å². The molecule has 5 nitrogen and oxygen atoms in total. The predicted molar refractivity (Wildman–Crippen MR) is 71.7 cm³/mol. The van der Waals surface area contributed by atoms with Crippen molar-refractivity contribution in [3.05, 3.63) is 0 Å². The van der Waals surface area contributed by atoms with Crippen LogP contribution in [0.25, 0.3) is 0 Å². The number of hydrogen-bond donors (Lipinski definition) is 0. The first-order valence-corrected chi connectivity index (χ1v) is 6.77. The summed E-state index contributed by atoms with van der Waals surface area (Å²) in [5.41, 5.74) is -0.469. The van der Waals surface area contributed by atoms with E-state index in [1.165, 1.54) is 7.11 Å². The van der Waals surface area contributed by atoms with Crippen molar-refractivity contribution in [2.75, 3.05) is 20.2 Å². The van der Waals surface area contributed by atoms with Gasteiger partial charge < -0.3 is 14.4 Å². The summed E-state index contributed by atoms with van der Waals surface area (Å²) in [5, 5.41) is 0. The lowest BCUT2D eigenvalue weighted by Crippen LogP contribution is -2.45. The van der Waals surface area contributed by atoms with Crippen LogP contribution in [-0.2, 0) is 14.3 Å². The Morgan fingerprint density at radius 3 is 2.42 bits per heavy atom. The number of ether oxygens (including phenoxy) is 2. The molecule has 1 aliphatic heterocycles. The Labute approximate surface area is 115 Å². The van der Waals surface area contributed by atoms with Gasteiger partial charge in [-0.25, -0.2) is 4.79 Å². The molecule has 0 aliphatic carbocycles. The molecule has 0 aromatic rings. The Bertz CT molecular complexity index is 335. The normalized spacial score (nSPS) is 23.9. The minimum atomic E-state index is -0.469. The molecule has 2 atom stereocenters. The average molecular weight is 271 g/mol. The largest absolute Gasteiger partial charge is 0.469 e. The molecule has 0 bridgehead atoms. The molecule has 1 saturated heterocycles. The molecule has 0 aromatic carbocycles. The number of nitrogens with zero attached hydrogens (tertiary/aromatic N) is 1. The molecule has 0 spiro atoms. The average Bonchev–Trinajstić information content (AvgIpc) is 2.29. The van der Waals surface area contributed by atoms with Crippen molar-refractivity contribution in [2.24, 2.45) is 11.8 Å². The summed E-state index contributed by atoms with van der Waals surface area (Å²) in [4.78, 5) is 25.0. The van der Waals surface area contributed by atoms with Crippen LogP contribution in [0.5, 0.6) is 0 Å². The number of likely N-dealkylation sites (tertiary alicyclic amines) is 1. The number of rotatable bonds is 2. The van der Waals surface area contributed by atoms with Crippen molar-refractivity contribution in [1.29, 1.82) is 0 Å². The van der Waals surface area contributed by atoms with E-state index in [1.54, 1.807) is 4.90 Å². The highest BCUT2D eigenvalue weighted by Crippen LogP contribution is 2.27. The van der Waals surface area contributed by atoms with Gasteiger partial charge in [0, 0.05) is 19.5 Å². The summed E-state index contributed by atoms with van der Waals surface area (Å²) >= 11 is 0. The lowest BCUT2D eigenvalue weighted by Gasteiger charge is -2.37. The van der Waals surface area contributed by atoms with E-state index in [1.807, 2.05) is 20.8 Å². The zero-order chi connectivity index (χ0) is 14.6. The molecule has 0 N–H and O–H groups in total. The van der Waals surface area contributed by atoms with E-state index in [2.05, 4.69) is 6.92 Å². The molecule has 110 valence electrons. The van der Waals surface area contributed by atoms with Gasteiger partial charge >= 0.3 is 12.1 Å². The molecule has 1 rings (SSSR count). The van der Waals surface area contributed by atoms with Crippen molar-refractivity contribution in [3.8, 4) is 0 Å². The third-order valence-corrected chi connectivity index (χ3v) is 3.39. The van der Waals surface area contributed by atoms with Gasteiger partial charge in [-0.3, -0.25) is 4.79 Å². The highest BCUT2D eigenvalue weighted by Gasteiger charge is 2.32. The lowest BCUT2D eigenvalue weighted by atomic mass is 9.84. The minimum absolute atomic E-state index is 0.178. The zero-order valence-electron chi connectivity index (χ0n) is 12.6. The summed E-state index contributed by atoms with van der Waals surface area (Å²) in [6.07, 6.45) is 0.978. The minimum Gasteiger partial charge on any atom is -0.469 e. The molecule has 1 amide bonds. The predicted octanol–water partition coefficient (Wildman–Crippen LogP) is 2.44. The summed E-state index contributed by atoms with van der Waals surface area (Å²) in [5.74, 6) is 0.383. The number of carbonyl (C=O) groups is 2. The molecule has 5 heteroatoms. The Hall–Kier alpha value is -1.26. The molecule has 1 heterocycles. The summed E-state index contributed by atoms with van der Waals surface area (Å²) < 4.78 is 10.1. The summed E-state index contributed by atoms with van der Waals surface area (Å²) in [6.45, 7) is 8.91. The molecule has 2 unspecified atom stereocenters. The molecule has 0 aromatic heterocycles. The standard InChI is InChI=1S/C14H25NO4/c1-10-9-15(13(17)19-14(2,3)4)7-6-11(10)8-12(16)18-5/h10-11H,6-9H2,1-5H3. The van der Waals surface area contributed by atoms with Gasteiger partial charge in [0.15, 0.2) is 0 Å². The van der Waals surface area contributed by atoms with E-state index >= 15 is 0 Å². The van der Waals surface area contributed by atoms with Crippen LogP contribution < -0.4 is 0 Å². The van der Waals surface area contributed by atoms with Gasteiger partial charge in [0.1, 0.15) is 5.60 Å². The number of hydrogen-bond acceptors (Lipinski definition) is 4. The van der Waals surface area contributed by atoms with E-state index in [0.29, 0.717) is 19.5 Å². The van der Waals surface area contributed by atoms with Crippen LogP contribution in [0.1, 0.15) is 40.5 Å². The van der Waals surface area contributed by atoms with Crippen LogP contribution in [-0.4, -0.2) is 42.8 Å². The molecule has 1 aliphatic rings. The van der Waals surface area contributed by atoms with Crippen molar-refractivity contribution in [1.82, 2.24) is 4.90 Å². The van der Waals surface area contributed by atoms with Crippen molar-refractivity contribution in [2.45, 2.75) is 46.1 Å². The van der Waals surface area contributed by atoms with Crippen LogP contribution in [0.2, 0.25) is 0 Å². The lowest BCUT2D eigenvalue weighted by molar-refractivity contribution is -0.142. The van der Waals surface area contributed by atoms with E-state index in [9.17, 15) is 9.59 Å². The van der Waals surface area contributed by atoms with Gasteiger partial charge in [0.2, 0.25) is 0 Å². The smallest absolute Gasteiger partial charge is 0.410 e. The Kier molecular flexibility index (Phi) is 5.20. The maximum atomic E-state index is 12.0. The second-order valence-electron chi connectivity index (χ2n) is 6.23. The maximum absolute atomic E-state index is 12.0. The first kappa shape index (κ1) is 15.8. The van der Waals surface area contributed by atoms with E-state index in [0.717, 1.165) is 6.42 Å². The highest BCUT2D eigenvalue weighted by molar-refractivity contribution is 5.70. The monoisotopic (exact) mass is 271 g/mol. The van der Waals surface area contributed by atoms with Gasteiger partial charge in [-0.05, 0) is 39.0 Å². The van der Waals surface area contributed by atoms with Crippen molar-refractivity contribution < 1.29 is 19.1 Å². The SMILES string of the molecule is COC(=O)CC1CCN(C(=O)OC(C)(C)C)CC1C. The second kappa shape index (κ2) is 6.26. The molecule has 0 radical (unpaired) electrons. The van der Waals surface area contributed by atoms with E-state index < -0.39 is 5.60 Å². The van der Waals surface area contributed by atoms with Crippen LogP contribution >= 0.6 is 0 Å². The number of amides is 1. The number of methoxy groups -OCH3 is 1. The fraction of sp³-hybridized carbons (Fsp3) is 0.857. The first-order chi connectivity index (χ1) is 8.73. The van der Waals surface area contributed by atoms with Crippen molar-refractivity contribution in [3.63, 3.8) is 0 Å². The fourth-order valence-corrected chi connectivity index (χ4v) is 2.29. The molecule has 0 saturated carbocycles. The quantitative estimate of drug-likeness (QED) is 0.724. The summed E-state index contributed by atoms with van der Waals surface area (Å²) in [7, 11) is 1.41. The van der Waals surface area contributed by atoms with Crippen LogP contribution in [0.15, 0.2) is 0 Å². The molecular weight excluding hydrogens is 246 g/mol. The third-order valence-electron chi connectivity index (χ3n) is 3.39. The van der Waals surface area contributed by atoms with Gasteiger partial charge in [-0.15, -0.1) is 0 Å². The van der Waals surface area contributed by atoms with Gasteiger partial charge in [-0.1, -0.05) is 6.92 Å². The van der Waals surface area contributed by atoms with Crippen LogP contribution in [0.4, 0.5) is 4.79 Å². The fourth-order valence-electron chi connectivity index (χ4n) is 2.29. The Balaban J connectivity index is 2.49. The third kappa shape index (κ3) is 5.09. The Morgan fingerprint density at radius 1 is 1.32 bits per heavy atom. The second-order valence-corrected chi connectivity index (χ2v) is 6.23.